The van der Waals surface area contributed by atoms with E-state index in [1.807, 2.05) is 6.08 Å². The number of halogens is 1. The van der Waals surface area contributed by atoms with Crippen LogP contribution in [0.4, 0.5) is 4.39 Å². The number of alkyl halides is 1. The molecule has 0 atom stereocenters. The summed E-state index contributed by atoms with van der Waals surface area (Å²) in [6.07, 6.45) is 5.82. The SMILES string of the molecule is COC(=O)CC(=CCCCF)N1CCC(C)CC1. The summed E-state index contributed by atoms with van der Waals surface area (Å²) in [6.45, 7) is 3.92. The number of rotatable bonds is 6. The largest absolute Gasteiger partial charge is 0.469 e. The number of hydrogen-bond acceptors (Lipinski definition) is 3. The number of methoxy groups -OCH3 is 1. The van der Waals surface area contributed by atoms with Crippen LogP contribution in [0.1, 0.15) is 39.0 Å². The Balaban J connectivity index is 2.58. The van der Waals surface area contributed by atoms with Gasteiger partial charge in [-0.3, -0.25) is 9.18 Å². The summed E-state index contributed by atoms with van der Waals surface area (Å²) >= 11 is 0. The van der Waals surface area contributed by atoms with Gasteiger partial charge in [0.2, 0.25) is 0 Å². The lowest BCUT2D eigenvalue weighted by Crippen LogP contribution is -2.33. The molecule has 1 rings (SSSR count). The second-order valence-corrected chi connectivity index (χ2v) is 4.95. The minimum atomic E-state index is -0.307. The van der Waals surface area contributed by atoms with Gasteiger partial charge < -0.3 is 9.64 Å². The Morgan fingerprint density at radius 1 is 1.44 bits per heavy atom. The first-order chi connectivity index (χ1) is 8.67. The summed E-state index contributed by atoms with van der Waals surface area (Å²) in [5.74, 6) is 0.534. The predicted octanol–water partition coefficient (Wildman–Crippen LogP) is 2.92. The van der Waals surface area contributed by atoms with E-state index in [0.29, 0.717) is 19.3 Å². The van der Waals surface area contributed by atoms with Crippen LogP contribution in [0.5, 0.6) is 0 Å². The fourth-order valence-electron chi connectivity index (χ4n) is 2.17. The Kier molecular flexibility index (Phi) is 6.76. The van der Waals surface area contributed by atoms with Crippen LogP contribution in [0.15, 0.2) is 11.8 Å². The van der Waals surface area contributed by atoms with Gasteiger partial charge in [-0.1, -0.05) is 13.0 Å². The van der Waals surface area contributed by atoms with Crippen molar-refractivity contribution in [2.75, 3.05) is 26.9 Å². The lowest BCUT2D eigenvalue weighted by Gasteiger charge is -2.33. The normalized spacial score (nSPS) is 17.9. The summed E-state index contributed by atoms with van der Waals surface area (Å²) in [6, 6.07) is 0. The van der Waals surface area contributed by atoms with Crippen molar-refractivity contribution in [3.63, 3.8) is 0 Å². The molecule has 0 aliphatic carbocycles. The topological polar surface area (TPSA) is 29.5 Å². The van der Waals surface area contributed by atoms with Crippen molar-refractivity contribution in [2.24, 2.45) is 5.92 Å². The van der Waals surface area contributed by atoms with Crippen molar-refractivity contribution < 1.29 is 13.9 Å². The second-order valence-electron chi connectivity index (χ2n) is 4.95. The number of unbranched alkanes of at least 4 members (excludes halogenated alkanes) is 1. The third kappa shape index (κ3) is 5.07. The highest BCUT2D eigenvalue weighted by Crippen LogP contribution is 2.22. The summed E-state index contributed by atoms with van der Waals surface area (Å²) < 4.78 is 16.8. The van der Waals surface area contributed by atoms with E-state index in [4.69, 9.17) is 4.74 Å². The quantitative estimate of drug-likeness (QED) is 0.541. The first-order valence-corrected chi connectivity index (χ1v) is 6.74. The number of nitrogens with zero attached hydrogens (tertiary/aromatic N) is 1. The van der Waals surface area contributed by atoms with Crippen molar-refractivity contribution in [1.29, 1.82) is 0 Å². The molecule has 4 heteroatoms. The highest BCUT2D eigenvalue weighted by atomic mass is 19.1. The average molecular weight is 257 g/mol. The molecule has 1 heterocycles. The molecule has 18 heavy (non-hydrogen) atoms. The van der Waals surface area contributed by atoms with Gasteiger partial charge in [-0.2, -0.15) is 0 Å². The van der Waals surface area contributed by atoms with Gasteiger partial charge in [0.05, 0.1) is 20.2 Å². The molecule has 0 aromatic rings. The van der Waals surface area contributed by atoms with E-state index in [9.17, 15) is 9.18 Å². The fourth-order valence-corrected chi connectivity index (χ4v) is 2.17. The monoisotopic (exact) mass is 257 g/mol. The van der Waals surface area contributed by atoms with Gasteiger partial charge in [-0.05, 0) is 31.6 Å². The smallest absolute Gasteiger partial charge is 0.311 e. The van der Waals surface area contributed by atoms with Gasteiger partial charge in [0.1, 0.15) is 0 Å². The van der Waals surface area contributed by atoms with E-state index in [2.05, 4.69) is 11.8 Å². The third-order valence-corrected chi connectivity index (χ3v) is 3.46. The number of likely N-dealkylation sites (tertiary alicyclic amines) is 1. The Labute approximate surface area is 109 Å². The number of carbonyl (C=O) groups excluding carboxylic acids is 1. The zero-order chi connectivity index (χ0) is 13.4. The van der Waals surface area contributed by atoms with Gasteiger partial charge >= 0.3 is 5.97 Å². The predicted molar refractivity (Wildman–Crippen MR) is 69.9 cm³/mol. The Bertz CT molecular complexity index is 284. The maximum atomic E-state index is 12.1. The molecule has 3 nitrogen and oxygen atoms in total. The zero-order valence-corrected chi connectivity index (χ0v) is 11.5. The van der Waals surface area contributed by atoms with Crippen molar-refractivity contribution in [3.8, 4) is 0 Å². The van der Waals surface area contributed by atoms with Gasteiger partial charge in [-0.15, -0.1) is 0 Å². The van der Waals surface area contributed by atoms with Gasteiger partial charge in [0.15, 0.2) is 0 Å². The fraction of sp³-hybridized carbons (Fsp3) is 0.786. The van der Waals surface area contributed by atoms with E-state index in [1.54, 1.807) is 0 Å². The van der Waals surface area contributed by atoms with Crippen LogP contribution in [0.2, 0.25) is 0 Å². The average Bonchev–Trinajstić information content (AvgIpc) is 2.38. The van der Waals surface area contributed by atoms with Gasteiger partial charge in [0, 0.05) is 18.8 Å². The summed E-state index contributed by atoms with van der Waals surface area (Å²) in [4.78, 5) is 13.6. The number of esters is 1. The molecule has 1 aliphatic rings. The molecule has 0 aromatic heterocycles. The van der Waals surface area contributed by atoms with Crippen molar-refractivity contribution >= 4 is 5.97 Å². The van der Waals surface area contributed by atoms with Crippen molar-refractivity contribution in [3.05, 3.63) is 11.8 Å². The van der Waals surface area contributed by atoms with Crippen LogP contribution in [-0.2, 0) is 9.53 Å². The Morgan fingerprint density at radius 2 is 2.11 bits per heavy atom. The molecule has 0 aromatic carbocycles. The van der Waals surface area contributed by atoms with E-state index in [0.717, 1.165) is 37.5 Å². The maximum absolute atomic E-state index is 12.1. The van der Waals surface area contributed by atoms with E-state index in [-0.39, 0.29) is 12.6 Å². The molecule has 1 fully saturated rings. The van der Waals surface area contributed by atoms with Crippen LogP contribution in [0.3, 0.4) is 0 Å². The van der Waals surface area contributed by atoms with Crippen LogP contribution < -0.4 is 0 Å². The number of ether oxygens (including phenoxy) is 1. The van der Waals surface area contributed by atoms with Gasteiger partial charge in [0.25, 0.3) is 0 Å². The molecule has 0 bridgehead atoms. The second kappa shape index (κ2) is 8.11. The molecule has 104 valence electrons. The molecule has 0 spiro atoms. The molecule has 1 aliphatic heterocycles. The first kappa shape index (κ1) is 15.0. The molecular formula is C14H24FNO2. The standard InChI is InChI=1S/C14H24FNO2/c1-12-6-9-16(10-7-12)13(5-3-4-8-15)11-14(17)18-2/h5,12H,3-4,6-11H2,1-2H3. The lowest BCUT2D eigenvalue weighted by molar-refractivity contribution is -0.140. The Hall–Kier alpha value is -1.06. The molecule has 0 radical (unpaired) electrons. The molecular weight excluding hydrogens is 233 g/mol. The minimum Gasteiger partial charge on any atom is -0.469 e. The van der Waals surface area contributed by atoms with Crippen molar-refractivity contribution in [2.45, 2.75) is 39.0 Å². The number of allylic oxidation sites excluding steroid dienone is 1. The lowest BCUT2D eigenvalue weighted by atomic mass is 9.98. The van der Waals surface area contributed by atoms with Crippen LogP contribution in [-0.4, -0.2) is 37.7 Å². The highest BCUT2D eigenvalue weighted by molar-refractivity contribution is 5.72. The number of carbonyl (C=O) groups is 1. The maximum Gasteiger partial charge on any atom is 0.311 e. The van der Waals surface area contributed by atoms with Gasteiger partial charge in [-0.25, -0.2) is 0 Å². The van der Waals surface area contributed by atoms with Crippen LogP contribution >= 0.6 is 0 Å². The van der Waals surface area contributed by atoms with E-state index < -0.39 is 0 Å². The summed E-state index contributed by atoms with van der Waals surface area (Å²) in [7, 11) is 1.40. The Morgan fingerprint density at radius 3 is 2.67 bits per heavy atom. The number of piperidine rings is 1. The highest BCUT2D eigenvalue weighted by Gasteiger charge is 2.19. The third-order valence-electron chi connectivity index (χ3n) is 3.46. The zero-order valence-electron chi connectivity index (χ0n) is 11.5. The van der Waals surface area contributed by atoms with E-state index >= 15 is 0 Å². The molecule has 0 N–H and O–H groups in total. The van der Waals surface area contributed by atoms with E-state index in [1.165, 1.54) is 7.11 Å². The molecule has 0 unspecified atom stereocenters. The molecule has 0 saturated carbocycles. The van der Waals surface area contributed by atoms with Crippen LogP contribution in [0.25, 0.3) is 0 Å². The minimum absolute atomic E-state index is 0.222. The first-order valence-electron chi connectivity index (χ1n) is 6.74. The molecule has 1 saturated heterocycles. The number of hydrogen-bond donors (Lipinski definition) is 0. The van der Waals surface area contributed by atoms with Crippen molar-refractivity contribution in [1.82, 2.24) is 4.90 Å². The van der Waals surface area contributed by atoms with Crippen LogP contribution in [0, 0.1) is 5.92 Å². The summed E-state index contributed by atoms with van der Waals surface area (Å²) in [5, 5.41) is 0. The molecule has 0 amide bonds. The summed E-state index contributed by atoms with van der Waals surface area (Å²) in [5.41, 5.74) is 1.00.